The molecule has 21 heavy (non-hydrogen) atoms. The van der Waals surface area contributed by atoms with Crippen LogP contribution in [-0.2, 0) is 12.1 Å². The summed E-state index contributed by atoms with van der Waals surface area (Å²) < 4.78 is 18.8. The van der Waals surface area contributed by atoms with Crippen LogP contribution >= 0.6 is 0 Å². The van der Waals surface area contributed by atoms with Crippen LogP contribution in [0.4, 0.5) is 4.39 Å². The molecule has 0 bridgehead atoms. The minimum Gasteiger partial charge on any atom is -0.494 e. The van der Waals surface area contributed by atoms with E-state index in [1.165, 1.54) is 13.2 Å². The van der Waals surface area contributed by atoms with Crippen molar-refractivity contribution in [3.8, 4) is 5.75 Å². The van der Waals surface area contributed by atoms with Gasteiger partial charge in [-0.1, -0.05) is 36.4 Å². The Kier molecular flexibility index (Phi) is 4.94. The maximum absolute atomic E-state index is 13.8. The van der Waals surface area contributed by atoms with Crippen LogP contribution < -0.4 is 10.1 Å². The molecule has 0 amide bonds. The number of methoxy groups -OCH3 is 1. The molecule has 1 unspecified atom stereocenters. The zero-order valence-electron chi connectivity index (χ0n) is 12.3. The molecule has 0 aliphatic heterocycles. The number of ether oxygens (including phenoxy) is 1. The van der Waals surface area contributed by atoms with E-state index in [4.69, 9.17) is 4.74 Å². The number of hydrogen-bond acceptors (Lipinski definition) is 3. The second kappa shape index (κ2) is 6.70. The van der Waals surface area contributed by atoms with Crippen molar-refractivity contribution in [3.63, 3.8) is 0 Å². The molecule has 2 rings (SSSR count). The Morgan fingerprint density at radius 2 is 1.90 bits per heavy atom. The molecular formula is C17H20FNO2. The van der Waals surface area contributed by atoms with Gasteiger partial charge in [0.1, 0.15) is 0 Å². The van der Waals surface area contributed by atoms with E-state index in [0.717, 1.165) is 5.56 Å². The minimum absolute atomic E-state index is 0.133. The summed E-state index contributed by atoms with van der Waals surface area (Å²) in [5.74, 6) is -0.238. The Hall–Kier alpha value is -1.91. The Bertz CT molecular complexity index is 589. The third kappa shape index (κ3) is 3.60. The fourth-order valence-electron chi connectivity index (χ4n) is 2.15. The molecule has 0 aliphatic carbocycles. The smallest absolute Gasteiger partial charge is 0.165 e. The molecule has 2 N–H and O–H groups in total. The van der Waals surface area contributed by atoms with E-state index in [9.17, 15) is 9.50 Å². The van der Waals surface area contributed by atoms with Crippen LogP contribution in [0.25, 0.3) is 0 Å². The van der Waals surface area contributed by atoms with E-state index in [-0.39, 0.29) is 12.4 Å². The molecule has 0 heterocycles. The molecule has 4 heteroatoms. The average Bonchev–Trinajstić information content (AvgIpc) is 2.53. The third-order valence-electron chi connectivity index (χ3n) is 3.63. The topological polar surface area (TPSA) is 41.5 Å². The highest BCUT2D eigenvalue weighted by molar-refractivity contribution is 5.33. The first-order valence-corrected chi connectivity index (χ1v) is 6.83. The van der Waals surface area contributed by atoms with Crippen molar-refractivity contribution in [3.05, 3.63) is 65.5 Å². The Balaban J connectivity index is 2.18. The number of benzene rings is 2. The van der Waals surface area contributed by atoms with Gasteiger partial charge in [0.05, 0.1) is 19.3 Å². The predicted octanol–water partition coefficient (Wildman–Crippen LogP) is 2.83. The van der Waals surface area contributed by atoms with Gasteiger partial charge in [0, 0.05) is 6.54 Å². The molecule has 0 fully saturated rings. The lowest BCUT2D eigenvalue weighted by Crippen LogP contribution is -2.42. The molecule has 112 valence electrons. The lowest BCUT2D eigenvalue weighted by Gasteiger charge is -2.30. The van der Waals surface area contributed by atoms with Gasteiger partial charge in [0.2, 0.25) is 0 Å². The zero-order chi connectivity index (χ0) is 15.3. The number of hydrogen-bond donors (Lipinski definition) is 2. The van der Waals surface area contributed by atoms with Gasteiger partial charge in [0.25, 0.3) is 0 Å². The number of nitrogens with one attached hydrogen (secondary N) is 1. The molecule has 0 radical (unpaired) electrons. The summed E-state index contributed by atoms with van der Waals surface area (Å²) in [7, 11) is 1.43. The summed E-state index contributed by atoms with van der Waals surface area (Å²) in [6.07, 6.45) is 0. The van der Waals surface area contributed by atoms with Crippen LogP contribution in [0.15, 0.2) is 48.5 Å². The molecular weight excluding hydrogens is 269 g/mol. The van der Waals surface area contributed by atoms with Crippen LogP contribution in [0.1, 0.15) is 18.1 Å². The normalized spacial score (nSPS) is 13.7. The van der Waals surface area contributed by atoms with Gasteiger partial charge in [-0.2, -0.15) is 0 Å². The van der Waals surface area contributed by atoms with Crippen LogP contribution in [0.2, 0.25) is 0 Å². The predicted molar refractivity (Wildman–Crippen MR) is 80.7 cm³/mol. The van der Waals surface area contributed by atoms with Crippen molar-refractivity contribution in [2.75, 3.05) is 13.7 Å². The number of rotatable bonds is 6. The van der Waals surface area contributed by atoms with E-state index in [1.807, 2.05) is 37.3 Å². The summed E-state index contributed by atoms with van der Waals surface area (Å²) >= 11 is 0. The average molecular weight is 289 g/mol. The second-order valence-corrected chi connectivity index (χ2v) is 5.18. The highest BCUT2D eigenvalue weighted by Crippen LogP contribution is 2.26. The molecule has 2 aromatic rings. The molecule has 3 nitrogen and oxygen atoms in total. The standard InChI is InChI=1S/C17H20FNO2/c1-17(12-20,19-11-13-6-4-3-5-7-13)14-8-9-16(21-2)15(18)10-14/h3-10,19-20H,11-12H2,1-2H3. The van der Waals surface area contributed by atoms with Gasteiger partial charge in [0.15, 0.2) is 11.6 Å². The molecule has 2 aromatic carbocycles. The molecule has 0 spiro atoms. The lowest BCUT2D eigenvalue weighted by molar-refractivity contribution is 0.173. The second-order valence-electron chi connectivity index (χ2n) is 5.18. The van der Waals surface area contributed by atoms with Crippen LogP contribution in [0.5, 0.6) is 5.75 Å². The van der Waals surface area contributed by atoms with Crippen molar-refractivity contribution >= 4 is 0 Å². The van der Waals surface area contributed by atoms with E-state index in [1.54, 1.807) is 12.1 Å². The summed E-state index contributed by atoms with van der Waals surface area (Å²) in [5, 5.41) is 13.0. The first-order valence-electron chi connectivity index (χ1n) is 6.83. The fourth-order valence-corrected chi connectivity index (χ4v) is 2.15. The fraction of sp³-hybridized carbons (Fsp3) is 0.294. The van der Waals surface area contributed by atoms with Crippen molar-refractivity contribution < 1.29 is 14.2 Å². The summed E-state index contributed by atoms with van der Waals surface area (Å²) in [5.41, 5.74) is 1.06. The highest BCUT2D eigenvalue weighted by Gasteiger charge is 2.26. The number of halogens is 1. The molecule has 0 saturated heterocycles. The van der Waals surface area contributed by atoms with Crippen molar-refractivity contribution in [1.29, 1.82) is 0 Å². The van der Waals surface area contributed by atoms with Crippen LogP contribution in [0.3, 0.4) is 0 Å². The quantitative estimate of drug-likeness (QED) is 0.859. The minimum atomic E-state index is -0.719. The Morgan fingerprint density at radius 1 is 1.19 bits per heavy atom. The van der Waals surface area contributed by atoms with E-state index < -0.39 is 11.4 Å². The first kappa shape index (κ1) is 15.5. The molecule has 0 aromatic heterocycles. The van der Waals surface area contributed by atoms with E-state index in [2.05, 4.69) is 5.32 Å². The molecule has 1 atom stereocenters. The zero-order valence-corrected chi connectivity index (χ0v) is 12.3. The van der Waals surface area contributed by atoms with Crippen LogP contribution in [0, 0.1) is 5.82 Å². The van der Waals surface area contributed by atoms with Crippen molar-refractivity contribution in [1.82, 2.24) is 5.32 Å². The van der Waals surface area contributed by atoms with E-state index >= 15 is 0 Å². The van der Waals surface area contributed by atoms with Gasteiger partial charge in [-0.15, -0.1) is 0 Å². The van der Waals surface area contributed by atoms with Crippen molar-refractivity contribution in [2.24, 2.45) is 0 Å². The van der Waals surface area contributed by atoms with Gasteiger partial charge < -0.3 is 15.2 Å². The van der Waals surface area contributed by atoms with Gasteiger partial charge in [-0.05, 0) is 30.2 Å². The maximum atomic E-state index is 13.8. The van der Waals surface area contributed by atoms with Gasteiger partial charge in [-0.3, -0.25) is 0 Å². The van der Waals surface area contributed by atoms with Crippen LogP contribution in [-0.4, -0.2) is 18.8 Å². The highest BCUT2D eigenvalue weighted by atomic mass is 19.1. The maximum Gasteiger partial charge on any atom is 0.165 e. The summed E-state index contributed by atoms with van der Waals surface area (Å²) in [6, 6.07) is 14.6. The van der Waals surface area contributed by atoms with Crippen molar-refractivity contribution in [2.45, 2.75) is 19.0 Å². The van der Waals surface area contributed by atoms with E-state index in [0.29, 0.717) is 12.1 Å². The van der Waals surface area contributed by atoms with Gasteiger partial charge in [-0.25, -0.2) is 4.39 Å². The molecule has 0 saturated carbocycles. The Labute approximate surface area is 124 Å². The first-order chi connectivity index (χ1) is 10.1. The summed E-state index contributed by atoms with van der Waals surface area (Å²) in [4.78, 5) is 0. The summed E-state index contributed by atoms with van der Waals surface area (Å²) in [6.45, 7) is 2.30. The van der Waals surface area contributed by atoms with Gasteiger partial charge >= 0.3 is 0 Å². The SMILES string of the molecule is COc1ccc(C(C)(CO)NCc2ccccc2)cc1F. The number of aliphatic hydroxyl groups excluding tert-OH is 1. The Morgan fingerprint density at radius 3 is 2.48 bits per heavy atom. The number of aliphatic hydroxyl groups is 1. The lowest BCUT2D eigenvalue weighted by atomic mass is 9.92. The largest absolute Gasteiger partial charge is 0.494 e. The third-order valence-corrected chi connectivity index (χ3v) is 3.63. The monoisotopic (exact) mass is 289 g/mol. The molecule has 0 aliphatic rings.